The molecule has 96 valence electrons. The van der Waals surface area contributed by atoms with Crippen LogP contribution in [-0.2, 0) is 0 Å². The summed E-state index contributed by atoms with van der Waals surface area (Å²) in [6.07, 6.45) is 3.95. The smallest absolute Gasteiger partial charge is 0.0609 e. The van der Waals surface area contributed by atoms with Crippen LogP contribution >= 0.6 is 0 Å². The van der Waals surface area contributed by atoms with Gasteiger partial charge in [0.1, 0.15) is 0 Å². The fraction of sp³-hybridized carbons (Fsp3) is 1.00. The zero-order valence-electron chi connectivity index (χ0n) is 10.6. The predicted octanol–water partition coefficient (Wildman–Crippen LogP) is 0.146. The van der Waals surface area contributed by atoms with E-state index in [1.54, 1.807) is 0 Å². The minimum absolute atomic E-state index is 0.0303. The number of likely N-dealkylation sites (tertiary alicyclic amines) is 1. The van der Waals surface area contributed by atoms with Crippen LogP contribution in [0.25, 0.3) is 0 Å². The SMILES string of the molecule is C[C@@H]1CCCCN1CCN(C)C(CO)CO. The van der Waals surface area contributed by atoms with E-state index in [4.69, 9.17) is 10.2 Å². The van der Waals surface area contributed by atoms with Gasteiger partial charge in [-0.25, -0.2) is 0 Å². The molecule has 1 atom stereocenters. The first kappa shape index (κ1) is 13.9. The summed E-state index contributed by atoms with van der Waals surface area (Å²) in [7, 11) is 1.96. The Morgan fingerprint density at radius 1 is 1.31 bits per heavy atom. The quantitative estimate of drug-likeness (QED) is 0.682. The van der Waals surface area contributed by atoms with Crippen LogP contribution in [0.1, 0.15) is 26.2 Å². The highest BCUT2D eigenvalue weighted by Crippen LogP contribution is 2.15. The lowest BCUT2D eigenvalue weighted by Gasteiger charge is -2.35. The predicted molar refractivity (Wildman–Crippen MR) is 65.5 cm³/mol. The Bertz CT molecular complexity index is 186. The number of hydrogen-bond donors (Lipinski definition) is 2. The lowest BCUT2D eigenvalue weighted by atomic mass is 10.0. The normalized spacial score (nSPS) is 23.2. The largest absolute Gasteiger partial charge is 0.395 e. The topological polar surface area (TPSA) is 46.9 Å². The van der Waals surface area contributed by atoms with Gasteiger partial charge in [0.25, 0.3) is 0 Å². The Morgan fingerprint density at radius 3 is 2.56 bits per heavy atom. The van der Waals surface area contributed by atoms with E-state index in [2.05, 4.69) is 11.8 Å². The summed E-state index contributed by atoms with van der Waals surface area (Å²) >= 11 is 0. The van der Waals surface area contributed by atoms with Gasteiger partial charge in [0.2, 0.25) is 0 Å². The number of likely N-dealkylation sites (N-methyl/N-ethyl adjacent to an activating group) is 1. The van der Waals surface area contributed by atoms with Crippen molar-refractivity contribution in [1.82, 2.24) is 9.80 Å². The number of aliphatic hydroxyl groups is 2. The summed E-state index contributed by atoms with van der Waals surface area (Å²) in [4.78, 5) is 4.55. The molecule has 16 heavy (non-hydrogen) atoms. The van der Waals surface area contributed by atoms with E-state index in [9.17, 15) is 0 Å². The molecule has 0 unspecified atom stereocenters. The van der Waals surface area contributed by atoms with Crippen molar-refractivity contribution in [2.24, 2.45) is 0 Å². The van der Waals surface area contributed by atoms with Crippen LogP contribution in [-0.4, -0.2) is 72.0 Å². The molecule has 1 saturated heterocycles. The molecule has 1 rings (SSSR count). The molecular formula is C12H26N2O2. The molecule has 1 aliphatic heterocycles. The molecule has 4 heteroatoms. The third kappa shape index (κ3) is 4.01. The number of nitrogens with zero attached hydrogens (tertiary/aromatic N) is 2. The van der Waals surface area contributed by atoms with Crippen LogP contribution in [0.2, 0.25) is 0 Å². The van der Waals surface area contributed by atoms with Gasteiger partial charge in [-0.1, -0.05) is 6.42 Å². The summed E-state index contributed by atoms with van der Waals surface area (Å²) in [6, 6.07) is 0.573. The van der Waals surface area contributed by atoms with E-state index in [1.807, 2.05) is 11.9 Å². The van der Waals surface area contributed by atoms with Crippen molar-refractivity contribution >= 4 is 0 Å². The fourth-order valence-corrected chi connectivity index (χ4v) is 2.30. The highest BCUT2D eigenvalue weighted by molar-refractivity contribution is 4.75. The van der Waals surface area contributed by atoms with Gasteiger partial charge in [-0.05, 0) is 33.4 Å². The van der Waals surface area contributed by atoms with Crippen molar-refractivity contribution in [1.29, 1.82) is 0 Å². The van der Waals surface area contributed by atoms with Crippen molar-refractivity contribution in [3.05, 3.63) is 0 Å². The van der Waals surface area contributed by atoms with Gasteiger partial charge >= 0.3 is 0 Å². The number of piperidine rings is 1. The van der Waals surface area contributed by atoms with E-state index in [0.29, 0.717) is 6.04 Å². The van der Waals surface area contributed by atoms with Gasteiger partial charge in [-0.15, -0.1) is 0 Å². The van der Waals surface area contributed by atoms with Crippen LogP contribution in [0.3, 0.4) is 0 Å². The van der Waals surface area contributed by atoms with Crippen LogP contribution in [0.15, 0.2) is 0 Å². The second-order valence-electron chi connectivity index (χ2n) is 4.88. The first-order valence-corrected chi connectivity index (χ1v) is 6.35. The molecule has 0 aliphatic carbocycles. The van der Waals surface area contributed by atoms with Crippen molar-refractivity contribution < 1.29 is 10.2 Å². The Balaban J connectivity index is 2.26. The molecule has 0 bridgehead atoms. The van der Waals surface area contributed by atoms with Crippen LogP contribution in [0, 0.1) is 0 Å². The van der Waals surface area contributed by atoms with Gasteiger partial charge in [-0.2, -0.15) is 0 Å². The van der Waals surface area contributed by atoms with Gasteiger partial charge in [0.05, 0.1) is 19.3 Å². The molecule has 2 N–H and O–H groups in total. The van der Waals surface area contributed by atoms with Crippen LogP contribution in [0.5, 0.6) is 0 Å². The zero-order chi connectivity index (χ0) is 12.0. The summed E-state index contributed by atoms with van der Waals surface area (Å²) in [6.45, 7) is 5.49. The monoisotopic (exact) mass is 230 g/mol. The maximum atomic E-state index is 9.07. The Kier molecular flexibility index (Phi) is 6.28. The average Bonchev–Trinajstić information content (AvgIpc) is 2.29. The van der Waals surface area contributed by atoms with E-state index >= 15 is 0 Å². The van der Waals surface area contributed by atoms with Gasteiger partial charge < -0.3 is 10.2 Å². The molecule has 0 aromatic heterocycles. The minimum atomic E-state index is -0.111. The van der Waals surface area contributed by atoms with Crippen LogP contribution < -0.4 is 0 Å². The molecule has 1 heterocycles. The summed E-state index contributed by atoms with van der Waals surface area (Å²) in [5, 5.41) is 18.1. The zero-order valence-corrected chi connectivity index (χ0v) is 10.6. The molecular weight excluding hydrogens is 204 g/mol. The molecule has 0 aromatic carbocycles. The molecule has 1 fully saturated rings. The van der Waals surface area contributed by atoms with E-state index in [0.717, 1.165) is 13.1 Å². The fourth-order valence-electron chi connectivity index (χ4n) is 2.30. The summed E-state index contributed by atoms with van der Waals surface area (Å²) < 4.78 is 0. The first-order valence-electron chi connectivity index (χ1n) is 6.35. The van der Waals surface area contributed by atoms with Crippen molar-refractivity contribution in [3.63, 3.8) is 0 Å². The molecule has 0 saturated carbocycles. The highest BCUT2D eigenvalue weighted by atomic mass is 16.3. The molecule has 1 aliphatic rings. The maximum Gasteiger partial charge on any atom is 0.0609 e. The second kappa shape index (κ2) is 7.22. The highest BCUT2D eigenvalue weighted by Gasteiger charge is 2.19. The van der Waals surface area contributed by atoms with E-state index in [-0.39, 0.29) is 19.3 Å². The average molecular weight is 230 g/mol. The third-order valence-corrected chi connectivity index (χ3v) is 3.73. The Labute approximate surface area is 98.9 Å². The van der Waals surface area contributed by atoms with E-state index < -0.39 is 0 Å². The van der Waals surface area contributed by atoms with Crippen molar-refractivity contribution in [2.75, 3.05) is 39.9 Å². The second-order valence-corrected chi connectivity index (χ2v) is 4.88. The van der Waals surface area contributed by atoms with Gasteiger partial charge in [0, 0.05) is 19.1 Å². The lowest BCUT2D eigenvalue weighted by molar-refractivity contribution is 0.0733. The molecule has 0 aromatic rings. The lowest BCUT2D eigenvalue weighted by Crippen LogP contribution is -2.45. The summed E-state index contributed by atoms with van der Waals surface area (Å²) in [5.74, 6) is 0. The first-order chi connectivity index (χ1) is 7.69. The number of rotatable bonds is 6. The number of aliphatic hydroxyl groups excluding tert-OH is 2. The Hall–Kier alpha value is -0.160. The Morgan fingerprint density at radius 2 is 2.00 bits per heavy atom. The maximum absolute atomic E-state index is 9.07. The molecule has 4 nitrogen and oxygen atoms in total. The van der Waals surface area contributed by atoms with Gasteiger partial charge in [-0.3, -0.25) is 9.80 Å². The minimum Gasteiger partial charge on any atom is -0.395 e. The van der Waals surface area contributed by atoms with Crippen molar-refractivity contribution in [2.45, 2.75) is 38.3 Å². The van der Waals surface area contributed by atoms with E-state index in [1.165, 1.54) is 25.8 Å². The van der Waals surface area contributed by atoms with Crippen LogP contribution in [0.4, 0.5) is 0 Å². The van der Waals surface area contributed by atoms with Gasteiger partial charge in [0.15, 0.2) is 0 Å². The summed E-state index contributed by atoms with van der Waals surface area (Å²) in [5.41, 5.74) is 0. The standard InChI is InChI=1S/C12H26N2O2/c1-11-5-3-4-6-14(11)8-7-13(2)12(9-15)10-16/h11-12,15-16H,3-10H2,1-2H3/t11-/m1/s1. The molecule has 0 amide bonds. The van der Waals surface area contributed by atoms with Crippen molar-refractivity contribution in [3.8, 4) is 0 Å². The molecule has 0 radical (unpaired) electrons. The molecule has 0 spiro atoms. The number of hydrogen-bond acceptors (Lipinski definition) is 4. The third-order valence-electron chi connectivity index (χ3n) is 3.73.